The number of Topliss-reactive ketones (excluding diaryl/α,β-unsaturated/α-hetero) is 1. The molecule has 2 amide bonds. The standard InChI is InChI=1S/C29H24N4O5/c1-16-7-4-11-20-23(16)31-27(36)29(20)25(24(34)17-8-5-9-18(15-17)33(37)38)28(22-13-6-14-32(22)29)19-10-2-3-12-21(19)30-26(28)35/h2-5,7-12,15,22,25H,6,13-14H2,1H3,(H,30,35)(H,31,36)/t22-,25-,28-,29+/m1/s1. The maximum absolute atomic E-state index is 14.8. The fraction of sp³-hybridized carbons (Fsp3) is 0.276. The SMILES string of the molecule is Cc1cccc2c1NC(=O)[C@@]21[C@H](C(=O)c2cccc([N+](=O)[O-])c2)[C@]2(C(=O)Nc3ccccc32)[C@H]2CCCN21. The Balaban J connectivity index is 1.58. The van der Waals surface area contributed by atoms with Crippen LogP contribution in [0.4, 0.5) is 17.1 Å². The Labute approximate surface area is 218 Å². The minimum atomic E-state index is -1.45. The number of anilines is 2. The second-order valence-corrected chi connectivity index (χ2v) is 10.5. The summed E-state index contributed by atoms with van der Waals surface area (Å²) in [6.45, 7) is 2.45. The molecule has 3 aromatic carbocycles. The van der Waals surface area contributed by atoms with Gasteiger partial charge in [-0.15, -0.1) is 0 Å². The Kier molecular flexibility index (Phi) is 4.55. The van der Waals surface area contributed by atoms with Gasteiger partial charge in [0.05, 0.1) is 10.8 Å². The molecule has 0 aliphatic carbocycles. The molecule has 190 valence electrons. The van der Waals surface area contributed by atoms with Crippen molar-refractivity contribution >= 4 is 34.7 Å². The van der Waals surface area contributed by atoms with E-state index in [2.05, 4.69) is 15.5 Å². The lowest BCUT2D eigenvalue weighted by atomic mass is 9.60. The molecule has 9 nitrogen and oxygen atoms in total. The Hall–Kier alpha value is -4.37. The molecule has 0 bridgehead atoms. The molecular weight excluding hydrogens is 484 g/mol. The van der Waals surface area contributed by atoms with E-state index in [0.717, 1.165) is 12.0 Å². The third-order valence-electron chi connectivity index (χ3n) is 8.97. The lowest BCUT2D eigenvalue weighted by molar-refractivity contribution is -0.384. The van der Waals surface area contributed by atoms with Crippen molar-refractivity contribution in [2.45, 2.75) is 36.8 Å². The first-order valence-electron chi connectivity index (χ1n) is 12.7. The second-order valence-electron chi connectivity index (χ2n) is 10.5. The number of para-hydroxylation sites is 2. The molecule has 2 spiro atoms. The number of fused-ring (bicyclic) bond motifs is 7. The molecule has 4 aliphatic rings. The first-order valence-corrected chi connectivity index (χ1v) is 12.7. The van der Waals surface area contributed by atoms with Crippen LogP contribution in [0, 0.1) is 23.0 Å². The van der Waals surface area contributed by atoms with E-state index >= 15 is 0 Å². The van der Waals surface area contributed by atoms with Crippen molar-refractivity contribution in [1.82, 2.24) is 4.90 Å². The van der Waals surface area contributed by atoms with E-state index in [1.54, 1.807) is 0 Å². The van der Waals surface area contributed by atoms with E-state index < -0.39 is 33.6 Å². The molecule has 4 aliphatic heterocycles. The van der Waals surface area contributed by atoms with Crippen LogP contribution in [-0.2, 0) is 20.5 Å². The van der Waals surface area contributed by atoms with Gasteiger partial charge in [0.15, 0.2) is 5.78 Å². The first kappa shape index (κ1) is 22.8. The Morgan fingerprint density at radius 1 is 1.00 bits per heavy atom. The summed E-state index contributed by atoms with van der Waals surface area (Å²) >= 11 is 0. The van der Waals surface area contributed by atoms with Gasteiger partial charge in [0.2, 0.25) is 11.8 Å². The third-order valence-corrected chi connectivity index (χ3v) is 8.97. The number of carbonyl (C=O) groups excluding carboxylic acids is 3. The predicted octanol–water partition coefficient (Wildman–Crippen LogP) is 3.92. The van der Waals surface area contributed by atoms with Crippen LogP contribution in [0.5, 0.6) is 0 Å². The van der Waals surface area contributed by atoms with E-state index in [1.807, 2.05) is 49.4 Å². The lowest BCUT2D eigenvalue weighted by Gasteiger charge is -2.38. The molecule has 0 saturated carbocycles. The summed E-state index contributed by atoms with van der Waals surface area (Å²) in [5.41, 5.74) is 0.600. The number of carbonyl (C=O) groups is 3. The van der Waals surface area contributed by atoms with Crippen LogP contribution >= 0.6 is 0 Å². The number of rotatable bonds is 3. The molecule has 4 atom stereocenters. The molecule has 2 fully saturated rings. The number of nitro groups is 1. The highest BCUT2D eigenvalue weighted by atomic mass is 16.6. The van der Waals surface area contributed by atoms with E-state index in [0.29, 0.717) is 35.5 Å². The molecule has 4 heterocycles. The third kappa shape index (κ3) is 2.51. The number of nitro benzene ring substituents is 1. The van der Waals surface area contributed by atoms with Gasteiger partial charge < -0.3 is 10.6 Å². The molecule has 0 aromatic heterocycles. The summed E-state index contributed by atoms with van der Waals surface area (Å²) in [6.07, 6.45) is 1.41. The van der Waals surface area contributed by atoms with Gasteiger partial charge >= 0.3 is 0 Å². The minimum absolute atomic E-state index is 0.107. The summed E-state index contributed by atoms with van der Waals surface area (Å²) in [6, 6.07) is 18.1. The topological polar surface area (TPSA) is 122 Å². The minimum Gasteiger partial charge on any atom is -0.325 e. The number of nitrogens with zero attached hydrogens (tertiary/aromatic N) is 2. The smallest absolute Gasteiger partial charge is 0.270 e. The Morgan fingerprint density at radius 2 is 1.76 bits per heavy atom. The fourth-order valence-electron chi connectivity index (χ4n) is 7.66. The summed E-state index contributed by atoms with van der Waals surface area (Å²) in [5.74, 6) is -2.26. The van der Waals surface area contributed by atoms with Gasteiger partial charge in [0.25, 0.3) is 5.69 Å². The van der Waals surface area contributed by atoms with Crippen molar-refractivity contribution in [2.24, 2.45) is 5.92 Å². The molecule has 9 heteroatoms. The number of nitrogens with one attached hydrogen (secondary N) is 2. The molecule has 3 aromatic rings. The van der Waals surface area contributed by atoms with E-state index in [4.69, 9.17) is 0 Å². The van der Waals surface area contributed by atoms with Gasteiger partial charge in [-0.2, -0.15) is 0 Å². The van der Waals surface area contributed by atoms with Crippen molar-refractivity contribution in [3.8, 4) is 0 Å². The normalized spacial score (nSPS) is 28.8. The van der Waals surface area contributed by atoms with Crippen molar-refractivity contribution in [3.05, 3.63) is 99.1 Å². The summed E-state index contributed by atoms with van der Waals surface area (Å²) in [5, 5.41) is 17.6. The van der Waals surface area contributed by atoms with E-state index in [9.17, 15) is 24.5 Å². The number of non-ortho nitro benzene ring substituents is 1. The molecule has 0 radical (unpaired) electrons. The highest BCUT2D eigenvalue weighted by Gasteiger charge is 2.78. The monoisotopic (exact) mass is 508 g/mol. The number of amides is 2. The quantitative estimate of drug-likeness (QED) is 0.314. The zero-order chi connectivity index (χ0) is 26.4. The van der Waals surface area contributed by atoms with Crippen LogP contribution < -0.4 is 10.6 Å². The van der Waals surface area contributed by atoms with Crippen molar-refractivity contribution in [1.29, 1.82) is 0 Å². The van der Waals surface area contributed by atoms with Crippen LogP contribution in [0.2, 0.25) is 0 Å². The highest BCUT2D eigenvalue weighted by molar-refractivity contribution is 6.19. The van der Waals surface area contributed by atoms with Crippen LogP contribution in [0.25, 0.3) is 0 Å². The van der Waals surface area contributed by atoms with Crippen LogP contribution in [-0.4, -0.2) is 40.0 Å². The zero-order valence-electron chi connectivity index (χ0n) is 20.6. The van der Waals surface area contributed by atoms with Gasteiger partial charge in [-0.1, -0.05) is 48.5 Å². The van der Waals surface area contributed by atoms with Crippen LogP contribution in [0.15, 0.2) is 66.7 Å². The number of hydrogen-bond donors (Lipinski definition) is 2. The van der Waals surface area contributed by atoms with Gasteiger partial charge in [-0.25, -0.2) is 0 Å². The number of ketones is 1. The summed E-state index contributed by atoms with van der Waals surface area (Å²) in [4.78, 5) is 56.4. The molecule has 2 N–H and O–H groups in total. The Morgan fingerprint density at radius 3 is 2.58 bits per heavy atom. The van der Waals surface area contributed by atoms with E-state index in [1.165, 1.54) is 24.3 Å². The second kappa shape index (κ2) is 7.58. The van der Waals surface area contributed by atoms with Gasteiger partial charge in [-0.3, -0.25) is 29.4 Å². The van der Waals surface area contributed by atoms with Crippen LogP contribution in [0.1, 0.15) is 39.9 Å². The van der Waals surface area contributed by atoms with Crippen LogP contribution in [0.3, 0.4) is 0 Å². The lowest BCUT2D eigenvalue weighted by Crippen LogP contribution is -2.55. The van der Waals surface area contributed by atoms with Crippen molar-refractivity contribution in [3.63, 3.8) is 0 Å². The summed E-state index contributed by atoms with van der Waals surface area (Å²) in [7, 11) is 0. The average molecular weight is 509 g/mol. The number of hydrogen-bond acceptors (Lipinski definition) is 6. The number of benzene rings is 3. The Bertz CT molecular complexity index is 1600. The van der Waals surface area contributed by atoms with Gasteiger partial charge in [-0.05, 0) is 43.5 Å². The first-order chi connectivity index (χ1) is 18.3. The van der Waals surface area contributed by atoms with Crippen molar-refractivity contribution in [2.75, 3.05) is 17.2 Å². The summed E-state index contributed by atoms with van der Waals surface area (Å²) < 4.78 is 0. The maximum atomic E-state index is 14.8. The molecule has 7 rings (SSSR count). The van der Waals surface area contributed by atoms with Gasteiger partial charge in [0, 0.05) is 40.7 Å². The van der Waals surface area contributed by atoms with Gasteiger partial charge in [0.1, 0.15) is 11.0 Å². The van der Waals surface area contributed by atoms with Crippen molar-refractivity contribution < 1.29 is 19.3 Å². The largest absolute Gasteiger partial charge is 0.325 e. The van der Waals surface area contributed by atoms with E-state index in [-0.39, 0.29) is 23.1 Å². The average Bonchev–Trinajstić information content (AvgIpc) is 3.63. The molecular formula is C29H24N4O5. The zero-order valence-corrected chi connectivity index (χ0v) is 20.6. The maximum Gasteiger partial charge on any atom is 0.270 e. The fourth-order valence-corrected chi connectivity index (χ4v) is 7.66. The molecule has 38 heavy (non-hydrogen) atoms. The highest BCUT2D eigenvalue weighted by Crippen LogP contribution is 2.66. The molecule has 0 unspecified atom stereocenters. The number of aryl methyl sites for hydroxylation is 1. The molecule has 2 saturated heterocycles. The predicted molar refractivity (Wildman–Crippen MR) is 139 cm³/mol.